The highest BCUT2D eigenvalue weighted by atomic mass is 32.2. The lowest BCUT2D eigenvalue weighted by molar-refractivity contribution is -0.139. The number of rotatable bonds is 6. The molecule has 0 bridgehead atoms. The second-order valence-electron chi connectivity index (χ2n) is 6.28. The Kier molecular flexibility index (Phi) is 5.63. The first kappa shape index (κ1) is 19.1. The van der Waals surface area contributed by atoms with E-state index >= 15 is 0 Å². The van der Waals surface area contributed by atoms with E-state index in [-0.39, 0.29) is 23.8 Å². The first-order chi connectivity index (χ1) is 12.8. The molecule has 0 spiro atoms. The maximum absolute atomic E-state index is 12.2. The number of primary sulfonamides is 1. The monoisotopic (exact) mass is 392 g/mol. The average Bonchev–Trinajstić information content (AvgIpc) is 3.00. The zero-order valence-electron chi connectivity index (χ0n) is 14.7. The molecule has 1 saturated heterocycles. The van der Waals surface area contributed by atoms with Crippen LogP contribution in [0.5, 0.6) is 6.01 Å². The van der Waals surface area contributed by atoms with Gasteiger partial charge in [0.2, 0.25) is 16.0 Å². The molecule has 3 rings (SSSR count). The summed E-state index contributed by atoms with van der Waals surface area (Å²) >= 11 is 0. The highest BCUT2D eigenvalue weighted by Gasteiger charge is 2.30. The van der Waals surface area contributed by atoms with E-state index in [9.17, 15) is 13.2 Å². The first-order valence-corrected chi connectivity index (χ1v) is 9.99. The summed E-state index contributed by atoms with van der Waals surface area (Å²) in [6.07, 6.45) is 2.90. The molecule has 1 atom stereocenters. The van der Waals surface area contributed by atoms with Crippen molar-refractivity contribution in [3.8, 4) is 6.01 Å². The van der Waals surface area contributed by atoms with E-state index in [2.05, 4.69) is 20.3 Å². The van der Waals surface area contributed by atoms with E-state index in [1.807, 2.05) is 11.9 Å². The number of aromatic nitrogens is 3. The topological polar surface area (TPSA) is 140 Å². The number of likely N-dealkylation sites (N-methyl/N-ethyl adjacent to an activating group) is 1. The van der Waals surface area contributed by atoms with Crippen LogP contribution in [0, 0.1) is 0 Å². The van der Waals surface area contributed by atoms with Gasteiger partial charge in [-0.25, -0.2) is 23.3 Å². The van der Waals surface area contributed by atoms with Crippen LogP contribution < -0.4 is 15.2 Å². The van der Waals surface area contributed by atoms with Gasteiger partial charge in [0.05, 0.1) is 5.75 Å². The van der Waals surface area contributed by atoms with Gasteiger partial charge in [0.15, 0.2) is 0 Å². The minimum Gasteiger partial charge on any atom is -0.390 e. The van der Waals surface area contributed by atoms with Crippen molar-refractivity contribution in [1.29, 1.82) is 0 Å². The maximum Gasteiger partial charge on any atom is 0.331 e. The van der Waals surface area contributed by atoms with Gasteiger partial charge in [-0.2, -0.15) is 9.97 Å². The minimum atomic E-state index is -3.63. The molecular formula is C16H20N6O4S. The van der Waals surface area contributed by atoms with Crippen molar-refractivity contribution < 1.29 is 17.9 Å². The zero-order chi connectivity index (χ0) is 19.4. The molecule has 1 aromatic carbocycles. The largest absolute Gasteiger partial charge is 0.390 e. The van der Waals surface area contributed by atoms with E-state index in [0.29, 0.717) is 11.3 Å². The maximum atomic E-state index is 12.2. The third kappa shape index (κ3) is 5.42. The van der Waals surface area contributed by atoms with E-state index in [1.165, 1.54) is 6.33 Å². The number of esters is 1. The number of likely N-dealkylation sites (tertiary alicyclic amines) is 1. The third-order valence-electron chi connectivity index (χ3n) is 4.09. The van der Waals surface area contributed by atoms with E-state index < -0.39 is 16.0 Å². The normalized spacial score (nSPS) is 17.6. The van der Waals surface area contributed by atoms with Gasteiger partial charge >= 0.3 is 12.0 Å². The van der Waals surface area contributed by atoms with Crippen molar-refractivity contribution in [2.24, 2.45) is 5.14 Å². The molecule has 11 heteroatoms. The van der Waals surface area contributed by atoms with Crippen molar-refractivity contribution >= 4 is 27.6 Å². The first-order valence-electron chi connectivity index (χ1n) is 8.27. The van der Waals surface area contributed by atoms with E-state index in [4.69, 9.17) is 9.88 Å². The molecule has 2 aromatic rings. The van der Waals surface area contributed by atoms with Gasteiger partial charge in [0.1, 0.15) is 12.4 Å². The molecular weight excluding hydrogens is 372 g/mol. The Labute approximate surface area is 156 Å². The van der Waals surface area contributed by atoms with Crippen molar-refractivity contribution in [2.45, 2.75) is 24.6 Å². The van der Waals surface area contributed by atoms with Crippen molar-refractivity contribution in [3.63, 3.8) is 0 Å². The number of nitrogens with one attached hydrogen (secondary N) is 1. The lowest BCUT2D eigenvalue weighted by Crippen LogP contribution is -2.36. The highest BCUT2D eigenvalue weighted by Crippen LogP contribution is 2.19. The van der Waals surface area contributed by atoms with Crippen LogP contribution in [-0.2, 0) is 20.6 Å². The van der Waals surface area contributed by atoms with Crippen LogP contribution in [-0.4, -0.2) is 53.9 Å². The summed E-state index contributed by atoms with van der Waals surface area (Å²) in [5.74, 6) is -0.514. The van der Waals surface area contributed by atoms with Crippen LogP contribution in [0.2, 0.25) is 0 Å². The van der Waals surface area contributed by atoms with Gasteiger partial charge in [-0.05, 0) is 44.1 Å². The Morgan fingerprint density at radius 2 is 2.22 bits per heavy atom. The number of nitrogens with zero attached hydrogens (tertiary/aromatic N) is 4. The molecule has 0 unspecified atom stereocenters. The van der Waals surface area contributed by atoms with Gasteiger partial charge in [0.25, 0.3) is 0 Å². The standard InChI is InChI=1S/C16H20N6O4S/c1-22-7-3-6-13(22)14(23)26-16-19-10-18-15(21-16)20-12-5-2-4-11(8-12)9-27(17,24)25/h2,4-5,8,10,13H,3,6-7,9H2,1H3,(H2,17,24,25)(H,18,19,20,21)/t13-/m1/s1. The van der Waals surface area contributed by atoms with Crippen molar-refractivity contribution in [3.05, 3.63) is 36.2 Å². The molecule has 0 aliphatic carbocycles. The van der Waals surface area contributed by atoms with Crippen LogP contribution in [0.3, 0.4) is 0 Å². The molecule has 1 aromatic heterocycles. The van der Waals surface area contributed by atoms with Crippen LogP contribution in [0.1, 0.15) is 18.4 Å². The SMILES string of the molecule is CN1CCC[C@@H]1C(=O)Oc1ncnc(Nc2cccc(CS(N)(=O)=O)c2)n1. The van der Waals surface area contributed by atoms with Gasteiger partial charge in [0, 0.05) is 5.69 Å². The molecule has 0 saturated carbocycles. The Morgan fingerprint density at radius 3 is 2.93 bits per heavy atom. The van der Waals surface area contributed by atoms with E-state index in [1.54, 1.807) is 24.3 Å². The van der Waals surface area contributed by atoms with Crippen LogP contribution in [0.25, 0.3) is 0 Å². The highest BCUT2D eigenvalue weighted by molar-refractivity contribution is 7.88. The molecule has 144 valence electrons. The molecule has 0 radical (unpaired) electrons. The number of hydrogen-bond acceptors (Lipinski definition) is 9. The molecule has 1 aliphatic rings. The predicted molar refractivity (Wildman–Crippen MR) is 97.6 cm³/mol. The quantitative estimate of drug-likeness (QED) is 0.668. The molecule has 27 heavy (non-hydrogen) atoms. The number of sulfonamides is 1. The summed E-state index contributed by atoms with van der Waals surface area (Å²) in [4.78, 5) is 26.1. The minimum absolute atomic E-state index is 0.0986. The molecule has 2 heterocycles. The predicted octanol–water partition coefficient (Wildman–Crippen LogP) is 0.403. The van der Waals surface area contributed by atoms with Gasteiger partial charge in [-0.3, -0.25) is 4.90 Å². The van der Waals surface area contributed by atoms with Crippen molar-refractivity contribution in [2.75, 3.05) is 18.9 Å². The molecule has 0 amide bonds. The Hall–Kier alpha value is -2.63. The zero-order valence-corrected chi connectivity index (χ0v) is 15.5. The number of nitrogens with two attached hydrogens (primary N) is 1. The van der Waals surface area contributed by atoms with Crippen LogP contribution >= 0.6 is 0 Å². The van der Waals surface area contributed by atoms with Crippen LogP contribution in [0.4, 0.5) is 11.6 Å². The van der Waals surface area contributed by atoms with Gasteiger partial charge < -0.3 is 10.1 Å². The number of carbonyl (C=O) groups is 1. The number of ether oxygens (including phenoxy) is 1. The van der Waals surface area contributed by atoms with Crippen LogP contribution in [0.15, 0.2) is 30.6 Å². The van der Waals surface area contributed by atoms with Gasteiger partial charge in [-0.15, -0.1) is 0 Å². The summed E-state index contributed by atoms with van der Waals surface area (Å²) in [5, 5.41) is 7.99. The summed E-state index contributed by atoms with van der Waals surface area (Å²) in [5.41, 5.74) is 1.09. The Balaban J connectivity index is 1.69. The second kappa shape index (κ2) is 7.94. The van der Waals surface area contributed by atoms with E-state index in [0.717, 1.165) is 19.4 Å². The number of carbonyl (C=O) groups excluding carboxylic acids is 1. The smallest absolute Gasteiger partial charge is 0.331 e. The molecule has 1 aliphatic heterocycles. The summed E-state index contributed by atoms with van der Waals surface area (Å²) in [7, 11) is -1.76. The third-order valence-corrected chi connectivity index (χ3v) is 4.82. The lowest BCUT2D eigenvalue weighted by Gasteiger charge is -2.16. The fraction of sp³-hybridized carbons (Fsp3) is 0.375. The summed E-state index contributed by atoms with van der Waals surface area (Å²) in [6, 6.07) is 6.27. The molecule has 10 nitrogen and oxygen atoms in total. The lowest BCUT2D eigenvalue weighted by atomic mass is 10.2. The molecule has 3 N–H and O–H groups in total. The number of anilines is 2. The Bertz CT molecular complexity index is 936. The number of benzene rings is 1. The van der Waals surface area contributed by atoms with Crippen molar-refractivity contribution in [1.82, 2.24) is 19.9 Å². The fourth-order valence-corrected chi connectivity index (χ4v) is 3.50. The Morgan fingerprint density at radius 1 is 1.41 bits per heavy atom. The fourth-order valence-electron chi connectivity index (χ4n) is 2.86. The molecule has 1 fully saturated rings. The summed E-state index contributed by atoms with van der Waals surface area (Å²) < 4.78 is 27.7. The average molecular weight is 392 g/mol. The summed E-state index contributed by atoms with van der Waals surface area (Å²) in [6.45, 7) is 0.846. The van der Waals surface area contributed by atoms with Gasteiger partial charge in [-0.1, -0.05) is 12.1 Å². The second-order valence-corrected chi connectivity index (χ2v) is 7.90. The number of hydrogen-bond donors (Lipinski definition) is 2.